The largest absolute Gasteiger partial charge is 0.396 e. The average Bonchev–Trinajstić information content (AvgIpc) is 2.19. The van der Waals surface area contributed by atoms with Crippen LogP contribution in [0.15, 0.2) is 0 Å². The van der Waals surface area contributed by atoms with Crippen LogP contribution in [0.3, 0.4) is 0 Å². The lowest BCUT2D eigenvalue weighted by Gasteiger charge is -1.79. The van der Waals surface area contributed by atoms with Crippen LogP contribution in [0.5, 0.6) is 0 Å². The van der Waals surface area contributed by atoms with Gasteiger partial charge in [0.2, 0.25) is 0 Å². The maximum atomic E-state index is 8.30. The van der Waals surface area contributed by atoms with E-state index in [1.807, 2.05) is 0 Å². The summed E-state index contributed by atoms with van der Waals surface area (Å²) >= 11 is 0. The van der Waals surface area contributed by atoms with Crippen molar-refractivity contribution in [2.45, 2.75) is 12.5 Å². The second-order valence-electron chi connectivity index (χ2n) is 1.84. The van der Waals surface area contributed by atoms with Gasteiger partial charge in [-0.3, -0.25) is 0 Å². The molecule has 0 saturated heterocycles. The van der Waals surface area contributed by atoms with Crippen molar-refractivity contribution in [2.24, 2.45) is 11.7 Å². The number of rotatable bonds is 1. The third-order valence-electron chi connectivity index (χ3n) is 1.21. The highest BCUT2D eigenvalue weighted by Crippen LogP contribution is 2.25. The van der Waals surface area contributed by atoms with Crippen molar-refractivity contribution < 1.29 is 5.11 Å². The fraction of sp³-hybridized carbons (Fsp3) is 1.00. The first-order valence-corrected chi connectivity index (χ1v) is 2.21. The summed E-state index contributed by atoms with van der Waals surface area (Å²) in [7, 11) is 0. The number of halogens is 1. The molecule has 0 radical (unpaired) electrons. The molecule has 3 heteroatoms. The van der Waals surface area contributed by atoms with Gasteiger partial charge in [-0.15, -0.1) is 12.4 Å². The fourth-order valence-corrected chi connectivity index (χ4v) is 0.481. The molecule has 0 amide bonds. The summed E-state index contributed by atoms with van der Waals surface area (Å²) in [5.41, 5.74) is 5.32. The lowest BCUT2D eigenvalue weighted by Crippen LogP contribution is -2.03. The van der Waals surface area contributed by atoms with Crippen LogP contribution in [0.25, 0.3) is 0 Å². The van der Waals surface area contributed by atoms with Gasteiger partial charge in [0, 0.05) is 12.6 Å². The van der Waals surface area contributed by atoms with Gasteiger partial charge in [0.1, 0.15) is 0 Å². The monoisotopic (exact) mass is 123 g/mol. The molecule has 1 saturated carbocycles. The van der Waals surface area contributed by atoms with Crippen LogP contribution >= 0.6 is 12.4 Å². The smallest absolute Gasteiger partial charge is 0.0474 e. The minimum atomic E-state index is 0. The first kappa shape index (κ1) is 7.21. The predicted octanol–water partition coefficient (Wildman–Crippen LogP) is -0.252. The molecule has 0 aromatic heterocycles. The molecular weight excluding hydrogens is 114 g/mol. The molecule has 1 aliphatic carbocycles. The van der Waals surface area contributed by atoms with Crippen molar-refractivity contribution >= 4 is 12.4 Å². The van der Waals surface area contributed by atoms with Gasteiger partial charge >= 0.3 is 0 Å². The zero-order chi connectivity index (χ0) is 4.57. The van der Waals surface area contributed by atoms with E-state index in [2.05, 4.69) is 0 Å². The lowest BCUT2D eigenvalue weighted by atomic mass is 10.4. The molecule has 2 nitrogen and oxygen atoms in total. The van der Waals surface area contributed by atoms with E-state index < -0.39 is 0 Å². The molecule has 0 aliphatic heterocycles. The number of hydrogen-bond acceptors (Lipinski definition) is 2. The van der Waals surface area contributed by atoms with E-state index in [-0.39, 0.29) is 19.0 Å². The summed E-state index contributed by atoms with van der Waals surface area (Å²) in [5.74, 6) is 0.435. The first-order chi connectivity index (χ1) is 2.84. The van der Waals surface area contributed by atoms with Crippen molar-refractivity contribution in [1.29, 1.82) is 0 Å². The van der Waals surface area contributed by atoms with Crippen LogP contribution in [0.1, 0.15) is 6.42 Å². The molecule has 1 fully saturated rings. The molecule has 0 aromatic carbocycles. The molecule has 3 N–H and O–H groups in total. The van der Waals surface area contributed by atoms with Crippen molar-refractivity contribution in [2.75, 3.05) is 6.61 Å². The van der Waals surface area contributed by atoms with Crippen LogP contribution in [-0.2, 0) is 0 Å². The van der Waals surface area contributed by atoms with Crippen LogP contribution < -0.4 is 5.73 Å². The van der Waals surface area contributed by atoms with Crippen LogP contribution in [0.2, 0.25) is 0 Å². The Morgan fingerprint density at radius 3 is 2.14 bits per heavy atom. The molecule has 0 spiro atoms. The molecule has 0 unspecified atom stereocenters. The van der Waals surface area contributed by atoms with Crippen LogP contribution in [0, 0.1) is 5.92 Å². The molecular formula is C4H10ClNO. The van der Waals surface area contributed by atoms with Crippen molar-refractivity contribution in [3.63, 3.8) is 0 Å². The summed E-state index contributed by atoms with van der Waals surface area (Å²) in [4.78, 5) is 0. The van der Waals surface area contributed by atoms with E-state index in [0.717, 1.165) is 6.42 Å². The zero-order valence-electron chi connectivity index (χ0n) is 4.00. The van der Waals surface area contributed by atoms with Gasteiger partial charge in [0.25, 0.3) is 0 Å². The van der Waals surface area contributed by atoms with E-state index in [4.69, 9.17) is 10.8 Å². The van der Waals surface area contributed by atoms with E-state index in [9.17, 15) is 0 Å². The number of hydrogen-bond donors (Lipinski definition) is 2. The van der Waals surface area contributed by atoms with Gasteiger partial charge in [-0.2, -0.15) is 0 Å². The highest BCUT2D eigenvalue weighted by atomic mass is 35.5. The highest BCUT2D eigenvalue weighted by molar-refractivity contribution is 5.85. The number of aliphatic hydroxyl groups excluding tert-OH is 1. The van der Waals surface area contributed by atoms with E-state index in [1.54, 1.807) is 0 Å². The molecule has 1 aliphatic rings. The van der Waals surface area contributed by atoms with Gasteiger partial charge in [-0.05, 0) is 12.3 Å². The highest BCUT2D eigenvalue weighted by Gasteiger charge is 2.31. The second-order valence-corrected chi connectivity index (χ2v) is 1.84. The third-order valence-corrected chi connectivity index (χ3v) is 1.21. The summed E-state index contributed by atoms with van der Waals surface area (Å²) in [6.45, 7) is 0.279. The minimum Gasteiger partial charge on any atom is -0.396 e. The topological polar surface area (TPSA) is 46.2 Å². The maximum absolute atomic E-state index is 8.30. The van der Waals surface area contributed by atoms with Crippen molar-refractivity contribution in [1.82, 2.24) is 0 Å². The Kier molecular flexibility index (Phi) is 2.58. The average molecular weight is 124 g/mol. The normalized spacial score (nSPS) is 36.9. The second kappa shape index (κ2) is 2.50. The summed E-state index contributed by atoms with van der Waals surface area (Å²) in [6, 6.07) is 0.315. The van der Waals surface area contributed by atoms with Crippen molar-refractivity contribution in [3.8, 4) is 0 Å². The van der Waals surface area contributed by atoms with E-state index in [1.165, 1.54) is 0 Å². The summed E-state index contributed by atoms with van der Waals surface area (Å²) in [5, 5.41) is 8.30. The van der Waals surface area contributed by atoms with Gasteiger partial charge in [0.05, 0.1) is 0 Å². The molecule has 0 aromatic rings. The third kappa shape index (κ3) is 1.63. The number of aliphatic hydroxyl groups is 1. The first-order valence-electron chi connectivity index (χ1n) is 2.21. The zero-order valence-corrected chi connectivity index (χ0v) is 4.82. The van der Waals surface area contributed by atoms with Crippen molar-refractivity contribution in [3.05, 3.63) is 0 Å². The Hall–Kier alpha value is 0.210. The Balaban J connectivity index is 0.000000360. The Bertz CT molecular complexity index is 57.7. The van der Waals surface area contributed by atoms with Gasteiger partial charge in [0.15, 0.2) is 0 Å². The molecule has 7 heavy (non-hydrogen) atoms. The van der Waals surface area contributed by atoms with Gasteiger partial charge < -0.3 is 10.8 Å². The quantitative estimate of drug-likeness (QED) is 0.505. The summed E-state index contributed by atoms with van der Waals surface area (Å²) in [6.07, 6.45) is 1.02. The Morgan fingerprint density at radius 2 is 2.14 bits per heavy atom. The molecule has 0 heterocycles. The van der Waals surface area contributed by atoms with Crippen LogP contribution in [-0.4, -0.2) is 17.8 Å². The summed E-state index contributed by atoms with van der Waals surface area (Å²) < 4.78 is 0. The Morgan fingerprint density at radius 1 is 1.71 bits per heavy atom. The standard InChI is InChI=1S/C4H9NO.ClH/c5-4-1-3(4)2-6;/h3-4,6H,1-2,5H2;1H/t3-,4+;/m1./s1. The van der Waals surface area contributed by atoms with Gasteiger partial charge in [-0.25, -0.2) is 0 Å². The van der Waals surface area contributed by atoms with Gasteiger partial charge in [-0.1, -0.05) is 0 Å². The minimum absolute atomic E-state index is 0. The SMILES string of the molecule is Cl.N[C@H]1C[C@@H]1CO. The Labute approximate surface area is 49.1 Å². The number of nitrogens with two attached hydrogens (primary N) is 1. The lowest BCUT2D eigenvalue weighted by molar-refractivity contribution is 0.274. The predicted molar refractivity (Wildman–Crippen MR) is 30.4 cm³/mol. The maximum Gasteiger partial charge on any atom is 0.0474 e. The molecule has 2 atom stereocenters. The molecule has 0 bridgehead atoms. The van der Waals surface area contributed by atoms with E-state index >= 15 is 0 Å². The molecule has 44 valence electrons. The van der Waals surface area contributed by atoms with Crippen LogP contribution in [0.4, 0.5) is 0 Å². The fourth-order valence-electron chi connectivity index (χ4n) is 0.481. The van der Waals surface area contributed by atoms with E-state index in [0.29, 0.717) is 12.0 Å². The molecule has 1 rings (SSSR count).